The molecule has 6 aliphatic carbocycles. The number of alkyl carbamates (subject to hydrolysis) is 3. The SMILES string of the molecule is C.CC(C)(C)OC(=O)NC1CC2(C1)CC(c1n[nH]c(=O)c3ccccc13)C2.CC(C)(C)OC(=O)NC1CC2(C1)CC(c1n[nH]c(=O)c3ccccc13)C2.CC(C)(C)OC(=O)NC1CC2(C1)CC(c1n[nH]c(=O)c3ccccc13)C2. The fourth-order valence-corrected chi connectivity index (χ4v) is 13.6. The molecular weight excluding hydrogens is 1000 g/mol. The van der Waals surface area contributed by atoms with Gasteiger partial charge in [-0.3, -0.25) is 14.4 Å². The van der Waals surface area contributed by atoms with Crippen LogP contribution in [-0.2, 0) is 14.2 Å². The number of aromatic amines is 3. The molecule has 6 aromatic rings. The van der Waals surface area contributed by atoms with Crippen LogP contribution in [0.4, 0.5) is 14.4 Å². The van der Waals surface area contributed by atoms with Gasteiger partial charge in [0.15, 0.2) is 0 Å². The van der Waals surface area contributed by atoms with Crippen LogP contribution in [0.1, 0.15) is 182 Å². The van der Waals surface area contributed by atoms with Crippen molar-refractivity contribution in [1.29, 1.82) is 0 Å². The monoisotopic (exact) mass is 1080 g/mol. The number of nitrogens with one attached hydrogen (secondary N) is 6. The number of ether oxygens (including phenoxy) is 3. The van der Waals surface area contributed by atoms with E-state index in [0.29, 0.717) is 50.2 Å². The zero-order valence-electron chi connectivity index (χ0n) is 46.4. The van der Waals surface area contributed by atoms with E-state index in [9.17, 15) is 28.8 Å². The Labute approximate surface area is 460 Å². The number of H-pyrrole nitrogens is 3. The lowest BCUT2D eigenvalue weighted by atomic mass is 9.49. The highest BCUT2D eigenvalue weighted by atomic mass is 16.6. The molecule has 0 bridgehead atoms. The molecule has 6 aliphatic rings. The largest absolute Gasteiger partial charge is 0.444 e. The van der Waals surface area contributed by atoms with Gasteiger partial charge in [0.2, 0.25) is 0 Å². The molecule has 18 heteroatoms. The Morgan fingerprint density at radius 3 is 0.835 bits per heavy atom. The summed E-state index contributed by atoms with van der Waals surface area (Å²) in [6.07, 6.45) is 11.3. The lowest BCUT2D eigenvalue weighted by Gasteiger charge is -2.57. The second-order valence-corrected chi connectivity index (χ2v) is 26.5. The Morgan fingerprint density at radius 1 is 0.405 bits per heavy atom. The van der Waals surface area contributed by atoms with E-state index in [2.05, 4.69) is 46.5 Å². The summed E-state index contributed by atoms with van der Waals surface area (Å²) in [6.45, 7) is 16.8. The van der Waals surface area contributed by atoms with Crippen LogP contribution in [0.15, 0.2) is 87.2 Å². The normalized spacial score (nSPS) is 27.3. The van der Waals surface area contributed by atoms with Crippen LogP contribution in [-0.4, -0.2) is 83.8 Å². The Kier molecular flexibility index (Phi) is 15.2. The maximum Gasteiger partial charge on any atom is 0.407 e. The lowest BCUT2D eigenvalue weighted by molar-refractivity contribution is -0.0266. The summed E-state index contributed by atoms with van der Waals surface area (Å²) in [7, 11) is 0. The number of hydrogen-bond donors (Lipinski definition) is 6. The molecule has 3 amide bonds. The van der Waals surface area contributed by atoms with E-state index in [0.717, 1.165) is 110 Å². The van der Waals surface area contributed by atoms with E-state index in [1.54, 1.807) is 0 Å². The summed E-state index contributed by atoms with van der Waals surface area (Å²) < 4.78 is 16.0. The highest BCUT2D eigenvalue weighted by molar-refractivity contribution is 5.85. The third-order valence-corrected chi connectivity index (χ3v) is 16.7. The van der Waals surface area contributed by atoms with E-state index in [1.807, 2.05) is 135 Å². The molecule has 0 aliphatic heterocycles. The molecule has 3 aromatic carbocycles. The van der Waals surface area contributed by atoms with Crippen molar-refractivity contribution in [3.8, 4) is 0 Å². The number of aromatic nitrogens is 6. The van der Waals surface area contributed by atoms with Crippen molar-refractivity contribution < 1.29 is 28.6 Å². The number of nitrogens with zero attached hydrogens (tertiary/aromatic N) is 3. The first-order valence-electron chi connectivity index (χ1n) is 27.6. The van der Waals surface area contributed by atoms with Crippen LogP contribution >= 0.6 is 0 Å². The first-order chi connectivity index (χ1) is 36.7. The number of rotatable bonds is 6. The Morgan fingerprint density at radius 2 is 0.620 bits per heavy atom. The minimum absolute atomic E-state index is 0. The fraction of sp³-hybridized carbons (Fsp3) is 0.557. The molecule has 18 nitrogen and oxygen atoms in total. The van der Waals surface area contributed by atoms with E-state index in [4.69, 9.17) is 14.2 Å². The molecule has 79 heavy (non-hydrogen) atoms. The van der Waals surface area contributed by atoms with Crippen molar-refractivity contribution in [2.75, 3.05) is 0 Å². The Balaban J connectivity index is 0.000000143. The van der Waals surface area contributed by atoms with Crippen molar-refractivity contribution in [2.45, 2.75) is 199 Å². The molecule has 3 heterocycles. The first-order valence-corrected chi connectivity index (χ1v) is 27.6. The van der Waals surface area contributed by atoms with Gasteiger partial charge in [-0.05, 0) is 174 Å². The van der Waals surface area contributed by atoms with Crippen LogP contribution in [0.25, 0.3) is 32.3 Å². The van der Waals surface area contributed by atoms with Gasteiger partial charge in [0.1, 0.15) is 16.8 Å². The number of amides is 3. The van der Waals surface area contributed by atoms with E-state index in [1.165, 1.54) is 0 Å². The van der Waals surface area contributed by atoms with Crippen LogP contribution in [0, 0.1) is 16.2 Å². The van der Waals surface area contributed by atoms with E-state index >= 15 is 0 Å². The third kappa shape index (κ3) is 12.5. The topological polar surface area (TPSA) is 252 Å². The lowest BCUT2D eigenvalue weighted by Crippen LogP contribution is -2.56. The summed E-state index contributed by atoms with van der Waals surface area (Å²) in [5.41, 5.74) is 2.10. The van der Waals surface area contributed by atoms with Crippen molar-refractivity contribution >= 4 is 50.6 Å². The smallest absolute Gasteiger partial charge is 0.407 e. The maximum atomic E-state index is 11.9. The van der Waals surface area contributed by atoms with E-state index < -0.39 is 16.8 Å². The standard InChI is InChI=1S/3C20H25N3O3.CH4/c3*1-19(2,3)26-18(25)21-13-10-20(11-13)8-12(9-20)16-14-6-4-5-7-15(14)17(24)23-22-16;/h3*4-7,12-13H,8-11H2,1-3H3,(H,21,25)(H,23,24);1H4. The Hall–Kier alpha value is -7.11. The highest BCUT2D eigenvalue weighted by Gasteiger charge is 2.56. The predicted octanol–water partition coefficient (Wildman–Crippen LogP) is 11.1. The summed E-state index contributed by atoms with van der Waals surface area (Å²) in [5.74, 6) is 1.12. The minimum Gasteiger partial charge on any atom is -0.444 e. The minimum atomic E-state index is -0.468. The summed E-state index contributed by atoms with van der Waals surface area (Å²) in [5, 5.41) is 34.8. The molecule has 3 aromatic heterocycles. The molecule has 12 rings (SSSR count). The van der Waals surface area contributed by atoms with Gasteiger partial charge in [0, 0.05) is 52.0 Å². The van der Waals surface area contributed by atoms with Crippen molar-refractivity contribution in [3.63, 3.8) is 0 Å². The Bertz CT molecular complexity index is 3060. The second kappa shape index (κ2) is 21.2. The van der Waals surface area contributed by atoms with Crippen LogP contribution in [0.2, 0.25) is 0 Å². The van der Waals surface area contributed by atoms with Gasteiger partial charge in [0.05, 0.1) is 33.2 Å². The third-order valence-electron chi connectivity index (χ3n) is 16.7. The van der Waals surface area contributed by atoms with Gasteiger partial charge >= 0.3 is 18.3 Å². The van der Waals surface area contributed by atoms with Gasteiger partial charge < -0.3 is 30.2 Å². The average Bonchev–Trinajstić information content (AvgIpc) is 3.28. The van der Waals surface area contributed by atoms with Gasteiger partial charge in [-0.25, -0.2) is 29.7 Å². The zero-order valence-corrected chi connectivity index (χ0v) is 46.4. The fourth-order valence-electron chi connectivity index (χ4n) is 13.6. The molecular formula is C61H79N9O9. The van der Waals surface area contributed by atoms with Gasteiger partial charge in [-0.1, -0.05) is 62.0 Å². The van der Waals surface area contributed by atoms with Crippen molar-refractivity contribution in [1.82, 2.24) is 46.5 Å². The molecule has 0 atom stereocenters. The van der Waals surface area contributed by atoms with Crippen molar-refractivity contribution in [3.05, 3.63) is 121 Å². The van der Waals surface area contributed by atoms with Crippen LogP contribution in [0.3, 0.4) is 0 Å². The first kappa shape index (κ1) is 56.6. The number of carbonyl (C=O) groups is 3. The molecule has 6 fully saturated rings. The average molecular weight is 1080 g/mol. The maximum absolute atomic E-state index is 11.9. The number of benzene rings is 3. The molecule has 0 radical (unpaired) electrons. The van der Waals surface area contributed by atoms with Gasteiger partial charge in [0.25, 0.3) is 16.7 Å². The molecule has 3 spiro atoms. The molecule has 0 saturated heterocycles. The number of fused-ring (bicyclic) bond motifs is 3. The quantitative estimate of drug-likeness (QED) is 0.0852. The highest BCUT2D eigenvalue weighted by Crippen LogP contribution is 2.64. The van der Waals surface area contributed by atoms with E-state index in [-0.39, 0.29) is 60.5 Å². The second-order valence-electron chi connectivity index (χ2n) is 26.5. The van der Waals surface area contributed by atoms with Crippen LogP contribution in [0.5, 0.6) is 0 Å². The number of hydrogen-bond acceptors (Lipinski definition) is 12. The number of carbonyl (C=O) groups excluding carboxylic acids is 3. The molecule has 0 unspecified atom stereocenters. The van der Waals surface area contributed by atoms with Crippen molar-refractivity contribution in [2.24, 2.45) is 16.2 Å². The van der Waals surface area contributed by atoms with Gasteiger partial charge in [-0.15, -0.1) is 0 Å². The summed E-state index contributed by atoms with van der Waals surface area (Å²) >= 11 is 0. The van der Waals surface area contributed by atoms with Crippen LogP contribution < -0.4 is 32.6 Å². The predicted molar refractivity (Wildman–Crippen MR) is 304 cm³/mol. The summed E-state index contributed by atoms with van der Waals surface area (Å²) in [6, 6.07) is 23.6. The molecule has 6 saturated carbocycles. The molecule has 6 N–H and O–H groups in total. The van der Waals surface area contributed by atoms with Gasteiger partial charge in [-0.2, -0.15) is 15.3 Å². The summed E-state index contributed by atoms with van der Waals surface area (Å²) in [4.78, 5) is 71.4. The zero-order chi connectivity index (χ0) is 55.6. The molecule has 422 valence electrons.